The zero-order chi connectivity index (χ0) is 61.9. The van der Waals surface area contributed by atoms with E-state index in [1.165, 1.54) is 0 Å². The molecule has 0 unspecified atom stereocenters. The molecule has 87 heavy (non-hydrogen) atoms. The molecule has 4 aliphatic heterocycles. The normalized spacial score (nSPS) is 14.5. The van der Waals surface area contributed by atoms with Crippen molar-refractivity contribution in [2.45, 2.75) is 103 Å². The maximum atomic E-state index is 12.2. The molecular weight excluding hydrogens is 1230 g/mol. The van der Waals surface area contributed by atoms with E-state index in [-0.39, 0.29) is 50.0 Å². The molecule has 2 saturated heterocycles. The van der Waals surface area contributed by atoms with E-state index >= 15 is 0 Å². The number of fused-ring (bicyclic) bond motifs is 4. The van der Waals surface area contributed by atoms with Gasteiger partial charge in [0.15, 0.2) is 0 Å². The largest absolute Gasteiger partial charge is 0.344 e. The highest BCUT2D eigenvalue weighted by atomic mass is 32.2. The van der Waals surface area contributed by atoms with Gasteiger partial charge in [-0.1, -0.05) is 104 Å². The number of anilines is 5. The molecule has 0 spiro atoms. The summed E-state index contributed by atoms with van der Waals surface area (Å²) in [5.74, 6) is -0.584. The number of nitrogens with zero attached hydrogens (tertiary/aromatic N) is 4. The van der Waals surface area contributed by atoms with Crippen LogP contribution in [0.5, 0.6) is 0 Å². The van der Waals surface area contributed by atoms with E-state index in [0.717, 1.165) is 108 Å². The number of benzene rings is 5. The Morgan fingerprint density at radius 2 is 0.736 bits per heavy atom. The zero-order valence-electron chi connectivity index (χ0n) is 48.2. The minimum atomic E-state index is -4.00. The third-order valence-corrected chi connectivity index (χ3v) is 21.2. The van der Waals surface area contributed by atoms with Crippen molar-refractivity contribution in [3.63, 3.8) is 0 Å². The second kappa shape index (κ2) is 32.2. The lowest BCUT2D eigenvalue weighted by Gasteiger charge is -2.35. The lowest BCUT2D eigenvalue weighted by Crippen LogP contribution is -2.31. The van der Waals surface area contributed by atoms with Crippen LogP contribution < -0.4 is 9.80 Å². The molecule has 0 atom stereocenters. The number of carbonyl (C=O) groups excluding carboxylic acids is 6. The van der Waals surface area contributed by atoms with E-state index in [1.807, 2.05) is 66.7 Å². The molecule has 4 heterocycles. The van der Waals surface area contributed by atoms with Crippen molar-refractivity contribution < 1.29 is 64.4 Å². The van der Waals surface area contributed by atoms with E-state index in [2.05, 4.69) is 77.5 Å². The lowest BCUT2D eigenvalue weighted by atomic mass is 9.91. The molecule has 9 rings (SSSR count). The molecular formula is C63H70N4O14S6. The van der Waals surface area contributed by atoms with Crippen LogP contribution in [0.3, 0.4) is 0 Å². The molecule has 5 aromatic rings. The highest BCUT2D eigenvalue weighted by Gasteiger charge is 2.35. The molecule has 2 fully saturated rings. The molecule has 4 amide bonds. The van der Waals surface area contributed by atoms with Gasteiger partial charge in [0, 0.05) is 105 Å². The van der Waals surface area contributed by atoms with E-state index in [1.54, 1.807) is 47.0 Å². The van der Waals surface area contributed by atoms with Gasteiger partial charge in [0.1, 0.15) is 0 Å². The summed E-state index contributed by atoms with van der Waals surface area (Å²) < 4.78 is 65.3. The monoisotopic (exact) mass is 1300 g/mol. The van der Waals surface area contributed by atoms with Crippen molar-refractivity contribution in [3.05, 3.63) is 158 Å². The Hall–Kier alpha value is -6.38. The number of para-hydroxylation sites is 5. The van der Waals surface area contributed by atoms with Gasteiger partial charge in [-0.05, 0) is 111 Å². The Morgan fingerprint density at radius 3 is 1.09 bits per heavy atom. The molecule has 24 heteroatoms. The van der Waals surface area contributed by atoms with Gasteiger partial charge < -0.3 is 19.5 Å². The lowest BCUT2D eigenvalue weighted by molar-refractivity contribution is -0.197. The number of hydrogen-bond donors (Lipinski definition) is 2. The molecule has 0 aliphatic carbocycles. The van der Waals surface area contributed by atoms with Gasteiger partial charge in [0.25, 0.3) is 43.9 Å². The highest BCUT2D eigenvalue weighted by molar-refractivity contribution is 8.23. The number of hydroxylamine groups is 4. The number of hydrogen-bond acceptors (Lipinski definition) is 18. The van der Waals surface area contributed by atoms with E-state index in [0.29, 0.717) is 60.2 Å². The van der Waals surface area contributed by atoms with Crippen molar-refractivity contribution in [1.82, 2.24) is 10.1 Å². The fourth-order valence-corrected chi connectivity index (χ4v) is 16.5. The standard InChI is InChI=1S/C34H36N2O7S3.C29H34N2O7S3/c37-30-20-21-31(38)36(30)43-32(39)19-5-2-10-22-44-34(45-23-11-12-24-46(40,41)42)33-26-15-6-8-17-28(26)35(25-13-3-1-4-14-25)29-18-9-7-16-27(29)33;1-30-23-13-6-4-11-21(23)28(22-12-5-7-14-24(22)30)29(40-19-9-10-20-41(35,36)37)39-18-8-2-3-15-27(34)38-31-25(32)16-17-26(31)33/h1,3-4,6-9,13-18H,2,5,10-12,19-24H2,(H,40,41,42);4-7,11-14H,2-3,8-10,15-20H2,1H3,(H,35,36,37). The van der Waals surface area contributed by atoms with E-state index in [9.17, 15) is 45.6 Å². The van der Waals surface area contributed by atoms with Gasteiger partial charge in [-0.15, -0.1) is 57.2 Å². The van der Waals surface area contributed by atoms with Crippen LogP contribution in [0.1, 0.15) is 125 Å². The average molecular weight is 1300 g/mol. The first-order valence-electron chi connectivity index (χ1n) is 28.9. The van der Waals surface area contributed by atoms with Crippen LogP contribution in [0.4, 0.5) is 28.4 Å². The van der Waals surface area contributed by atoms with Crippen molar-refractivity contribution in [3.8, 4) is 0 Å². The summed E-state index contributed by atoms with van der Waals surface area (Å²) in [5, 5.41) is 1.17. The minimum absolute atomic E-state index is 0.0684. The second-order valence-electron chi connectivity index (χ2n) is 20.7. The molecule has 0 saturated carbocycles. The molecule has 0 aromatic heterocycles. The van der Waals surface area contributed by atoms with Crippen LogP contribution in [0, 0.1) is 0 Å². The van der Waals surface area contributed by atoms with E-state index < -0.39 is 55.8 Å². The summed E-state index contributed by atoms with van der Waals surface area (Å²) in [6.45, 7) is 0. The van der Waals surface area contributed by atoms with Crippen molar-refractivity contribution in [2.75, 3.05) is 51.4 Å². The quantitative estimate of drug-likeness (QED) is 0.0252. The molecule has 0 bridgehead atoms. The average Bonchev–Trinajstić information content (AvgIpc) is 1.78. The number of amides is 4. The second-order valence-corrected chi connectivity index (χ2v) is 28.8. The summed E-state index contributed by atoms with van der Waals surface area (Å²) in [5.41, 5.74) is 12.2. The molecule has 5 aromatic carbocycles. The number of imide groups is 2. The van der Waals surface area contributed by atoms with Crippen LogP contribution in [0.15, 0.2) is 136 Å². The Balaban J connectivity index is 0.000000227. The SMILES string of the molecule is CN1c2ccccc2C(=C(SCCCCCC(=O)ON2C(=O)CCC2=O)SCCCCS(=O)(=O)O)c2ccccc21.O=C(CCCCCSC(SCCCCS(=O)(=O)O)=C1c2ccccc2N(c2ccccc2)c2ccccc21)ON1C(=O)CCC1=O. The first-order valence-corrected chi connectivity index (χ1v) is 36.0. The van der Waals surface area contributed by atoms with Gasteiger partial charge in [0.2, 0.25) is 0 Å². The topological polar surface area (TPSA) is 243 Å². The van der Waals surface area contributed by atoms with Gasteiger partial charge in [-0.2, -0.15) is 16.8 Å². The first-order chi connectivity index (χ1) is 41.9. The van der Waals surface area contributed by atoms with Crippen LogP contribution in [-0.2, 0) is 58.7 Å². The Morgan fingerprint density at radius 1 is 0.425 bits per heavy atom. The van der Waals surface area contributed by atoms with Crippen LogP contribution in [0.25, 0.3) is 11.1 Å². The summed E-state index contributed by atoms with van der Waals surface area (Å²) in [6, 6.07) is 43.5. The van der Waals surface area contributed by atoms with Gasteiger partial charge in [0.05, 0.1) is 22.9 Å². The van der Waals surface area contributed by atoms with Crippen LogP contribution >= 0.6 is 47.0 Å². The summed E-state index contributed by atoms with van der Waals surface area (Å²) in [4.78, 5) is 85.3. The van der Waals surface area contributed by atoms with Gasteiger partial charge >= 0.3 is 11.9 Å². The van der Waals surface area contributed by atoms with Crippen LogP contribution in [0.2, 0.25) is 0 Å². The number of thioether (sulfide) groups is 4. The fourth-order valence-electron chi connectivity index (χ4n) is 10.1. The van der Waals surface area contributed by atoms with E-state index in [4.69, 9.17) is 18.8 Å². The number of rotatable bonds is 29. The zero-order valence-corrected chi connectivity index (χ0v) is 53.1. The summed E-state index contributed by atoms with van der Waals surface area (Å²) >= 11 is 6.88. The molecule has 4 aliphatic rings. The Bertz CT molecular complexity index is 3470. The smallest absolute Gasteiger partial charge is 0.333 e. The van der Waals surface area contributed by atoms with Crippen LogP contribution in [-0.4, -0.2) is 113 Å². The first kappa shape index (κ1) is 66.6. The van der Waals surface area contributed by atoms with Crippen molar-refractivity contribution in [1.29, 1.82) is 0 Å². The van der Waals surface area contributed by atoms with Gasteiger partial charge in [-0.25, -0.2) is 9.59 Å². The maximum absolute atomic E-state index is 12.2. The minimum Gasteiger partial charge on any atom is -0.344 e. The predicted molar refractivity (Wildman–Crippen MR) is 347 cm³/mol. The summed E-state index contributed by atoms with van der Waals surface area (Å²) in [7, 11) is -5.91. The molecule has 462 valence electrons. The summed E-state index contributed by atoms with van der Waals surface area (Å²) in [6.07, 6.45) is 6.96. The van der Waals surface area contributed by atoms with Crippen molar-refractivity contribution in [2.24, 2.45) is 0 Å². The third-order valence-electron chi connectivity index (χ3n) is 14.3. The fraction of sp³-hybridized carbons (Fsp3) is 0.365. The molecule has 18 nitrogen and oxygen atoms in total. The number of unbranched alkanes of at least 4 members (excludes halogenated alkanes) is 6. The number of carbonyl (C=O) groups is 6. The highest BCUT2D eigenvalue weighted by Crippen LogP contribution is 2.53. The maximum Gasteiger partial charge on any atom is 0.333 e. The third kappa shape index (κ3) is 18.8. The Labute approximate surface area is 525 Å². The van der Waals surface area contributed by atoms with Crippen molar-refractivity contribution >= 4 is 142 Å². The Kier molecular flexibility index (Phi) is 24.6. The molecule has 2 N–H and O–H groups in total. The molecule has 0 radical (unpaired) electrons. The van der Waals surface area contributed by atoms with Gasteiger partial charge in [-0.3, -0.25) is 28.3 Å². The predicted octanol–water partition coefficient (Wildman–Crippen LogP) is 13.3.